The Bertz CT molecular complexity index is 627. The fraction of sp³-hybridized carbons (Fsp3) is 0.0909. The molecule has 0 aliphatic carbocycles. The second-order valence-electron chi connectivity index (χ2n) is 3.49. The normalized spacial score (nSPS) is 10.2. The Morgan fingerprint density at radius 1 is 1.40 bits per heavy atom. The topological polar surface area (TPSA) is 117 Å². The van der Waals surface area contributed by atoms with E-state index in [0.717, 1.165) is 11.8 Å². The number of aromatic nitrogens is 2. The first-order valence-corrected chi connectivity index (χ1v) is 6.28. The van der Waals surface area contributed by atoms with Crippen molar-refractivity contribution in [2.45, 2.75) is 5.75 Å². The van der Waals surface area contributed by atoms with Crippen LogP contribution in [0.5, 0.6) is 5.88 Å². The van der Waals surface area contributed by atoms with Crippen LogP contribution in [0.3, 0.4) is 0 Å². The summed E-state index contributed by atoms with van der Waals surface area (Å²) in [6, 6.07) is 8.49. The van der Waals surface area contributed by atoms with Gasteiger partial charge in [0.1, 0.15) is 0 Å². The van der Waals surface area contributed by atoms with Crippen LogP contribution in [-0.4, -0.2) is 21.5 Å². The smallest absolute Gasteiger partial charge is 0.449 e. The molecule has 9 heteroatoms. The summed E-state index contributed by atoms with van der Waals surface area (Å²) in [4.78, 5) is 22.1. The third-order valence-corrected chi connectivity index (χ3v) is 3.09. The van der Waals surface area contributed by atoms with Gasteiger partial charge in [0.2, 0.25) is 5.12 Å². The van der Waals surface area contributed by atoms with Crippen LogP contribution in [0.4, 0.5) is 4.79 Å². The van der Waals surface area contributed by atoms with E-state index in [1.165, 1.54) is 0 Å². The summed E-state index contributed by atoms with van der Waals surface area (Å²) >= 11 is 0.851. The predicted octanol–water partition coefficient (Wildman–Crippen LogP) is 1.44. The standard InChI is InChI=1S/C11H8N2O6S/c14-10(7-4-2-1-3-5-7)20-6-8-9(18-11(15)16)13(17)19-12-8/h1-5H,6H2,(H,15,16). The Balaban J connectivity index is 2.04. The lowest BCUT2D eigenvalue weighted by Gasteiger charge is -1.98. The number of rotatable bonds is 4. The van der Waals surface area contributed by atoms with E-state index in [9.17, 15) is 14.8 Å². The van der Waals surface area contributed by atoms with Gasteiger partial charge in [-0.2, -0.15) is 0 Å². The highest BCUT2D eigenvalue weighted by atomic mass is 32.2. The minimum Gasteiger partial charge on any atom is -0.449 e. The molecule has 104 valence electrons. The van der Waals surface area contributed by atoms with E-state index in [2.05, 4.69) is 14.5 Å². The molecule has 0 fully saturated rings. The van der Waals surface area contributed by atoms with Crippen LogP contribution in [0.25, 0.3) is 0 Å². The average molecular weight is 296 g/mol. The first kappa shape index (κ1) is 13.9. The highest BCUT2D eigenvalue weighted by Gasteiger charge is 2.24. The molecule has 8 nitrogen and oxygen atoms in total. The number of hydrogen-bond donors (Lipinski definition) is 1. The number of hydrogen-bond acceptors (Lipinski definition) is 7. The minimum absolute atomic E-state index is 0.0465. The molecule has 1 N–H and O–H groups in total. The van der Waals surface area contributed by atoms with Gasteiger partial charge in [-0.1, -0.05) is 42.1 Å². The molecule has 20 heavy (non-hydrogen) atoms. The van der Waals surface area contributed by atoms with E-state index in [4.69, 9.17) is 5.11 Å². The summed E-state index contributed by atoms with van der Waals surface area (Å²) in [5.74, 6) is -0.638. The van der Waals surface area contributed by atoms with Crippen LogP contribution >= 0.6 is 11.8 Å². The summed E-state index contributed by atoms with van der Waals surface area (Å²) in [6.07, 6.45) is -1.67. The molecule has 2 rings (SSSR count). The molecule has 0 saturated carbocycles. The van der Waals surface area contributed by atoms with Crippen molar-refractivity contribution in [3.8, 4) is 5.88 Å². The Labute approximate surface area is 116 Å². The largest absolute Gasteiger partial charge is 0.514 e. The Morgan fingerprint density at radius 2 is 2.10 bits per heavy atom. The van der Waals surface area contributed by atoms with E-state index in [1.807, 2.05) is 0 Å². The summed E-state index contributed by atoms with van der Waals surface area (Å²) in [7, 11) is 0. The van der Waals surface area contributed by atoms with Crippen molar-refractivity contribution >= 4 is 23.0 Å². The molecule has 0 aliphatic rings. The van der Waals surface area contributed by atoms with Crippen LogP contribution < -0.4 is 9.64 Å². The molecule has 0 bridgehead atoms. The van der Waals surface area contributed by atoms with Crippen LogP contribution in [0, 0.1) is 5.21 Å². The van der Waals surface area contributed by atoms with Crippen molar-refractivity contribution in [2.75, 3.05) is 0 Å². The fourth-order valence-electron chi connectivity index (χ4n) is 1.33. The van der Waals surface area contributed by atoms with Crippen LogP contribution in [0.1, 0.15) is 16.1 Å². The van der Waals surface area contributed by atoms with Gasteiger partial charge < -0.3 is 15.1 Å². The SMILES string of the molecule is O=C(O)Oc1c(CSC(=O)c2ccccc2)no[n+]1[O-]. The molecule has 1 heterocycles. The van der Waals surface area contributed by atoms with Crippen LogP contribution in [0.15, 0.2) is 35.0 Å². The second kappa shape index (κ2) is 6.06. The lowest BCUT2D eigenvalue weighted by molar-refractivity contribution is -0.804. The maximum Gasteiger partial charge on any atom is 0.514 e. The number of benzene rings is 1. The monoisotopic (exact) mass is 296 g/mol. The summed E-state index contributed by atoms with van der Waals surface area (Å²) < 4.78 is 8.47. The van der Waals surface area contributed by atoms with Crippen LogP contribution in [-0.2, 0) is 5.75 Å². The van der Waals surface area contributed by atoms with Crippen LogP contribution in [0.2, 0.25) is 0 Å². The molecular weight excluding hydrogens is 288 g/mol. The minimum atomic E-state index is -1.67. The molecule has 0 aliphatic heterocycles. The van der Waals surface area contributed by atoms with Crippen molar-refractivity contribution < 1.29 is 29.0 Å². The molecule has 2 aromatic rings. The molecule has 0 unspecified atom stereocenters. The number of carboxylic acid groups (broad SMARTS) is 1. The van der Waals surface area contributed by atoms with E-state index >= 15 is 0 Å². The molecule has 1 aromatic heterocycles. The van der Waals surface area contributed by atoms with Gasteiger partial charge in [-0.25, -0.2) is 4.79 Å². The van der Waals surface area contributed by atoms with Gasteiger partial charge in [0, 0.05) is 10.7 Å². The zero-order chi connectivity index (χ0) is 14.5. The van der Waals surface area contributed by atoms with Gasteiger partial charge in [-0.3, -0.25) is 9.42 Å². The van der Waals surface area contributed by atoms with Gasteiger partial charge in [-0.05, 0) is 4.90 Å². The van der Waals surface area contributed by atoms with Gasteiger partial charge in [0.05, 0.1) is 5.75 Å². The third-order valence-electron chi connectivity index (χ3n) is 2.17. The van der Waals surface area contributed by atoms with Crippen molar-refractivity contribution in [1.29, 1.82) is 0 Å². The van der Waals surface area contributed by atoms with Gasteiger partial charge >= 0.3 is 12.0 Å². The predicted molar refractivity (Wildman–Crippen MR) is 66.2 cm³/mol. The van der Waals surface area contributed by atoms with E-state index in [-0.39, 0.29) is 21.5 Å². The number of nitrogens with zero attached hydrogens (tertiary/aromatic N) is 2. The number of ether oxygens (including phenoxy) is 1. The number of carbonyl (C=O) groups excluding carboxylic acids is 1. The second-order valence-corrected chi connectivity index (χ2v) is 4.44. The quantitative estimate of drug-likeness (QED) is 0.665. The number of carbonyl (C=O) groups is 2. The van der Waals surface area contributed by atoms with Crippen molar-refractivity contribution in [2.24, 2.45) is 0 Å². The lowest BCUT2D eigenvalue weighted by atomic mass is 10.2. The van der Waals surface area contributed by atoms with Crippen molar-refractivity contribution in [3.63, 3.8) is 0 Å². The maximum absolute atomic E-state index is 11.8. The first-order chi connectivity index (χ1) is 9.58. The Hall–Kier alpha value is -2.55. The fourth-order valence-corrected chi connectivity index (χ4v) is 2.07. The maximum atomic E-state index is 11.8. The molecule has 0 amide bonds. The zero-order valence-electron chi connectivity index (χ0n) is 9.88. The Morgan fingerprint density at radius 3 is 2.75 bits per heavy atom. The molecule has 0 radical (unpaired) electrons. The first-order valence-electron chi connectivity index (χ1n) is 5.29. The van der Waals surface area contributed by atoms with Gasteiger partial charge in [0.25, 0.3) is 5.69 Å². The van der Waals surface area contributed by atoms with Gasteiger partial charge in [0.15, 0.2) is 0 Å². The summed E-state index contributed by atoms with van der Waals surface area (Å²) in [6.45, 7) is 0. The molecule has 0 spiro atoms. The highest BCUT2D eigenvalue weighted by Crippen LogP contribution is 2.21. The van der Waals surface area contributed by atoms with E-state index < -0.39 is 12.0 Å². The molecule has 0 saturated heterocycles. The summed E-state index contributed by atoms with van der Waals surface area (Å²) in [5.41, 5.74) is 0.424. The highest BCUT2D eigenvalue weighted by molar-refractivity contribution is 8.13. The molecule has 0 atom stereocenters. The average Bonchev–Trinajstić information content (AvgIpc) is 2.78. The third kappa shape index (κ3) is 3.26. The lowest BCUT2D eigenvalue weighted by Crippen LogP contribution is -2.27. The van der Waals surface area contributed by atoms with E-state index in [0.29, 0.717) is 5.56 Å². The van der Waals surface area contributed by atoms with Crippen molar-refractivity contribution in [1.82, 2.24) is 5.16 Å². The molecular formula is C11H8N2O6S. The van der Waals surface area contributed by atoms with Gasteiger partial charge in [-0.15, -0.1) is 0 Å². The summed E-state index contributed by atoms with van der Waals surface area (Å²) in [5, 5.41) is 22.7. The van der Waals surface area contributed by atoms with Crippen molar-refractivity contribution in [3.05, 3.63) is 46.8 Å². The molecule has 1 aromatic carbocycles. The number of thioether (sulfide) groups is 1. The van der Waals surface area contributed by atoms with E-state index in [1.54, 1.807) is 30.3 Å². The Kier molecular flexibility index (Phi) is 4.20. The zero-order valence-corrected chi connectivity index (χ0v) is 10.7.